The molecule has 1 aromatic heterocycles. The van der Waals surface area contributed by atoms with Crippen molar-refractivity contribution in [2.45, 2.75) is 25.7 Å². The number of sulfone groups is 1. The molecule has 0 saturated heterocycles. The van der Waals surface area contributed by atoms with Gasteiger partial charge in [0.2, 0.25) is 5.91 Å². The highest BCUT2D eigenvalue weighted by molar-refractivity contribution is 7.91. The van der Waals surface area contributed by atoms with Crippen LogP contribution in [0.25, 0.3) is 10.9 Å². The van der Waals surface area contributed by atoms with Crippen LogP contribution in [-0.2, 0) is 9.84 Å². The van der Waals surface area contributed by atoms with E-state index in [1.54, 1.807) is 11.5 Å². The molecule has 0 bridgehead atoms. The summed E-state index contributed by atoms with van der Waals surface area (Å²) in [5.41, 5.74) is 1.73. The smallest absolute Gasteiger partial charge is 0.231 e. The Labute approximate surface area is 118 Å². The first-order chi connectivity index (χ1) is 9.52. The van der Waals surface area contributed by atoms with Crippen LogP contribution in [0.2, 0.25) is 0 Å². The molecule has 1 atom stereocenters. The highest BCUT2D eigenvalue weighted by Gasteiger charge is 2.30. The number of hydrogen-bond acceptors (Lipinski definition) is 3. The Morgan fingerprint density at radius 1 is 1.30 bits per heavy atom. The van der Waals surface area contributed by atoms with Crippen LogP contribution in [-0.4, -0.2) is 30.4 Å². The lowest BCUT2D eigenvalue weighted by atomic mass is 9.97. The first kappa shape index (κ1) is 13.4. The molecule has 0 fully saturated rings. The number of carbonyl (C=O) groups is 1. The molecule has 1 aliphatic heterocycles. The molecule has 2 aromatic rings. The predicted octanol–water partition coefficient (Wildman–Crippen LogP) is 2.59. The van der Waals surface area contributed by atoms with Crippen LogP contribution in [0.15, 0.2) is 30.3 Å². The molecule has 0 amide bonds. The van der Waals surface area contributed by atoms with Gasteiger partial charge < -0.3 is 0 Å². The topological polar surface area (TPSA) is 56.1 Å². The van der Waals surface area contributed by atoms with E-state index in [0.29, 0.717) is 12.8 Å². The molecule has 1 aliphatic rings. The van der Waals surface area contributed by atoms with E-state index in [9.17, 15) is 13.2 Å². The van der Waals surface area contributed by atoms with Gasteiger partial charge in [0.05, 0.1) is 11.3 Å². The van der Waals surface area contributed by atoms with Crippen molar-refractivity contribution in [3.8, 4) is 0 Å². The largest absolute Gasteiger partial charge is 0.284 e. The molecule has 4 nitrogen and oxygen atoms in total. The minimum atomic E-state index is -3.04. The summed E-state index contributed by atoms with van der Waals surface area (Å²) in [4.78, 5) is 12.2. The van der Waals surface area contributed by atoms with E-state index in [1.165, 1.54) is 0 Å². The number of carbonyl (C=O) groups excluding carboxylic acids is 1. The number of hydrogen-bond donors (Lipinski definition) is 0. The van der Waals surface area contributed by atoms with Gasteiger partial charge in [0, 0.05) is 29.2 Å². The maximum atomic E-state index is 12.2. The van der Waals surface area contributed by atoms with E-state index >= 15 is 0 Å². The fourth-order valence-corrected chi connectivity index (χ4v) is 4.09. The minimum Gasteiger partial charge on any atom is -0.284 e. The average molecular weight is 291 g/mol. The van der Waals surface area contributed by atoms with E-state index in [1.807, 2.05) is 30.3 Å². The van der Waals surface area contributed by atoms with Gasteiger partial charge >= 0.3 is 0 Å². The summed E-state index contributed by atoms with van der Waals surface area (Å²) >= 11 is 0. The molecule has 3 rings (SSSR count). The van der Waals surface area contributed by atoms with Gasteiger partial charge in [-0.15, -0.1) is 0 Å². The van der Waals surface area contributed by atoms with Crippen LogP contribution in [0.5, 0.6) is 0 Å². The standard InChI is InChI=1S/C15H17NO3S/c1-2-20(18,19)10-12-7-8-15(17)16-13-6-4-3-5-11(13)9-14(12)16/h3-6,9,12H,2,7-8,10H2,1H3. The van der Waals surface area contributed by atoms with E-state index in [2.05, 4.69) is 0 Å². The Morgan fingerprint density at radius 3 is 2.80 bits per heavy atom. The molecule has 2 heterocycles. The maximum absolute atomic E-state index is 12.2. The fourth-order valence-electron chi connectivity index (χ4n) is 2.91. The van der Waals surface area contributed by atoms with Crippen molar-refractivity contribution < 1.29 is 13.2 Å². The zero-order valence-electron chi connectivity index (χ0n) is 11.4. The van der Waals surface area contributed by atoms with Crippen LogP contribution in [0, 0.1) is 0 Å². The SMILES string of the molecule is CCS(=O)(=O)CC1CCC(=O)n2c1cc1ccccc12. The summed E-state index contributed by atoms with van der Waals surface area (Å²) in [6, 6.07) is 9.65. The molecule has 106 valence electrons. The van der Waals surface area contributed by atoms with Gasteiger partial charge in [0.25, 0.3) is 0 Å². The fraction of sp³-hybridized carbons (Fsp3) is 0.400. The first-order valence-electron chi connectivity index (χ1n) is 6.86. The van der Waals surface area contributed by atoms with Crippen LogP contribution in [0.3, 0.4) is 0 Å². The lowest BCUT2D eigenvalue weighted by molar-refractivity contribution is 0.0883. The number of aromatic nitrogens is 1. The number of fused-ring (bicyclic) bond motifs is 3. The number of para-hydroxylation sites is 1. The third-order valence-electron chi connectivity index (χ3n) is 4.01. The zero-order chi connectivity index (χ0) is 14.3. The second kappa shape index (κ2) is 4.74. The van der Waals surface area contributed by atoms with Gasteiger partial charge in [-0.25, -0.2) is 8.42 Å². The van der Waals surface area contributed by atoms with Crippen molar-refractivity contribution in [1.29, 1.82) is 0 Å². The van der Waals surface area contributed by atoms with Crippen molar-refractivity contribution in [1.82, 2.24) is 4.57 Å². The number of benzene rings is 1. The number of rotatable bonds is 3. The average Bonchev–Trinajstić information content (AvgIpc) is 2.82. The van der Waals surface area contributed by atoms with Gasteiger partial charge in [0.15, 0.2) is 9.84 Å². The van der Waals surface area contributed by atoms with E-state index in [4.69, 9.17) is 0 Å². The Hall–Kier alpha value is -1.62. The Kier molecular flexibility index (Phi) is 3.17. The summed E-state index contributed by atoms with van der Waals surface area (Å²) < 4.78 is 25.5. The third kappa shape index (κ3) is 2.16. The van der Waals surface area contributed by atoms with Crippen molar-refractivity contribution in [3.63, 3.8) is 0 Å². The van der Waals surface area contributed by atoms with Crippen molar-refractivity contribution in [3.05, 3.63) is 36.0 Å². The van der Waals surface area contributed by atoms with E-state index < -0.39 is 9.84 Å². The van der Waals surface area contributed by atoms with Gasteiger partial charge in [0.1, 0.15) is 0 Å². The highest BCUT2D eigenvalue weighted by atomic mass is 32.2. The van der Waals surface area contributed by atoms with E-state index in [0.717, 1.165) is 16.6 Å². The molecule has 0 N–H and O–H groups in total. The molecule has 1 aromatic carbocycles. The minimum absolute atomic E-state index is 0.0614. The van der Waals surface area contributed by atoms with E-state index in [-0.39, 0.29) is 23.3 Å². The Bertz CT molecular complexity index is 774. The summed E-state index contributed by atoms with van der Waals surface area (Å²) in [6.45, 7) is 1.67. The molecule has 1 unspecified atom stereocenters. The predicted molar refractivity (Wildman–Crippen MR) is 78.9 cm³/mol. The Morgan fingerprint density at radius 2 is 2.05 bits per heavy atom. The molecular formula is C15H17NO3S. The quantitative estimate of drug-likeness (QED) is 0.873. The summed E-state index contributed by atoms with van der Waals surface area (Å²) in [5, 5.41) is 0.997. The molecule has 0 aliphatic carbocycles. The lowest BCUT2D eigenvalue weighted by Gasteiger charge is -2.23. The van der Waals surface area contributed by atoms with Gasteiger partial charge in [-0.3, -0.25) is 9.36 Å². The summed E-state index contributed by atoms with van der Waals surface area (Å²) in [6.07, 6.45) is 1.03. The first-order valence-corrected chi connectivity index (χ1v) is 8.68. The Balaban J connectivity index is 2.12. The lowest BCUT2D eigenvalue weighted by Crippen LogP contribution is -2.27. The molecule has 20 heavy (non-hydrogen) atoms. The second-order valence-corrected chi connectivity index (χ2v) is 7.69. The van der Waals surface area contributed by atoms with Gasteiger partial charge in [-0.1, -0.05) is 25.1 Å². The monoisotopic (exact) mass is 291 g/mol. The van der Waals surface area contributed by atoms with Gasteiger partial charge in [-0.05, 0) is 18.6 Å². The summed E-state index contributed by atoms with van der Waals surface area (Å²) in [5.74, 6) is 0.265. The second-order valence-electron chi connectivity index (χ2n) is 5.29. The van der Waals surface area contributed by atoms with Crippen LogP contribution < -0.4 is 0 Å². The van der Waals surface area contributed by atoms with Crippen LogP contribution in [0.4, 0.5) is 0 Å². The number of nitrogens with zero attached hydrogens (tertiary/aromatic N) is 1. The van der Waals surface area contributed by atoms with Crippen molar-refractivity contribution >= 4 is 26.6 Å². The molecular weight excluding hydrogens is 274 g/mol. The zero-order valence-corrected chi connectivity index (χ0v) is 12.2. The van der Waals surface area contributed by atoms with Crippen LogP contribution >= 0.6 is 0 Å². The molecule has 0 radical (unpaired) electrons. The molecule has 5 heteroatoms. The van der Waals surface area contributed by atoms with Crippen LogP contribution in [0.1, 0.15) is 36.2 Å². The third-order valence-corrected chi connectivity index (χ3v) is 5.80. The maximum Gasteiger partial charge on any atom is 0.231 e. The van der Waals surface area contributed by atoms with Gasteiger partial charge in [-0.2, -0.15) is 0 Å². The normalized spacial score (nSPS) is 19.2. The molecule has 0 saturated carbocycles. The highest BCUT2D eigenvalue weighted by Crippen LogP contribution is 2.33. The van der Waals surface area contributed by atoms with Crippen molar-refractivity contribution in [2.75, 3.05) is 11.5 Å². The van der Waals surface area contributed by atoms with Crippen molar-refractivity contribution in [2.24, 2.45) is 0 Å². The summed E-state index contributed by atoms with van der Waals surface area (Å²) in [7, 11) is -3.04. The molecule has 0 spiro atoms.